The lowest BCUT2D eigenvalue weighted by molar-refractivity contribution is -0.147. The molecule has 0 radical (unpaired) electrons. The second-order valence-corrected chi connectivity index (χ2v) is 14.4. The molecule has 1 aliphatic carbocycles. The molecule has 4 aromatic rings. The monoisotopic (exact) mass is 633 g/mol. The summed E-state index contributed by atoms with van der Waals surface area (Å²) >= 11 is 0. The fraction of sp³-hybridized carbons (Fsp3) is 0.455. The number of ether oxygens (including phenoxy) is 2. The zero-order chi connectivity index (χ0) is 31.9. The van der Waals surface area contributed by atoms with E-state index in [1.54, 1.807) is 19.9 Å². The Morgan fingerprint density at radius 1 is 1.11 bits per heavy atom. The van der Waals surface area contributed by atoms with Crippen LogP contribution in [-0.4, -0.2) is 69.7 Å². The lowest BCUT2D eigenvalue weighted by atomic mass is 9.70. The molecule has 1 N–H and O–H groups in total. The van der Waals surface area contributed by atoms with E-state index < -0.39 is 27.3 Å². The van der Waals surface area contributed by atoms with E-state index in [2.05, 4.69) is 15.2 Å². The van der Waals surface area contributed by atoms with E-state index in [0.29, 0.717) is 25.6 Å². The standard InChI is InChI=1S/C33H39N5O6S/c1-21-8-9-24(19-25(21)20-37-14-6-16-43-17-18-44-31-27(45(37,41)42)7-5-13-34-31)28(33(3,4)32(39)40)26-12-15-38-29(22(26)2)35-36-30(38)23-10-11-23/h5,7-9,12-13,15,19,23,28H,6,10-11,14,16-18,20H2,1-4H3,(H,39,40). The second-order valence-electron chi connectivity index (χ2n) is 12.5. The minimum Gasteiger partial charge on any atom is -0.481 e. The molecule has 0 amide bonds. The summed E-state index contributed by atoms with van der Waals surface area (Å²) in [4.78, 5) is 17.0. The average Bonchev–Trinajstić information content (AvgIpc) is 3.76. The Morgan fingerprint density at radius 2 is 1.91 bits per heavy atom. The number of fused-ring (bicyclic) bond motifs is 2. The molecule has 0 saturated heterocycles. The Kier molecular flexibility index (Phi) is 8.40. The van der Waals surface area contributed by atoms with Gasteiger partial charge in [0.25, 0.3) is 0 Å². The number of benzene rings is 1. The number of hydrogen-bond donors (Lipinski definition) is 1. The zero-order valence-electron chi connectivity index (χ0n) is 26.1. The molecule has 238 valence electrons. The van der Waals surface area contributed by atoms with Gasteiger partial charge < -0.3 is 14.6 Å². The van der Waals surface area contributed by atoms with Gasteiger partial charge in [0.1, 0.15) is 17.3 Å². The molecule has 3 aromatic heterocycles. The van der Waals surface area contributed by atoms with Crippen LogP contribution in [-0.2, 0) is 26.1 Å². The first-order valence-corrected chi connectivity index (χ1v) is 16.8. The number of aryl methyl sites for hydroxylation is 2. The number of nitrogens with zero attached hydrogens (tertiary/aromatic N) is 5. The van der Waals surface area contributed by atoms with Crippen LogP contribution in [0.1, 0.15) is 78.6 Å². The Bertz CT molecular complexity index is 1850. The summed E-state index contributed by atoms with van der Waals surface area (Å²) in [6.45, 7) is 8.59. The van der Waals surface area contributed by atoms with Crippen molar-refractivity contribution in [1.29, 1.82) is 0 Å². The predicted octanol–water partition coefficient (Wildman–Crippen LogP) is 4.85. The molecule has 0 bridgehead atoms. The summed E-state index contributed by atoms with van der Waals surface area (Å²) in [5, 5.41) is 19.4. The van der Waals surface area contributed by atoms with E-state index in [9.17, 15) is 18.3 Å². The van der Waals surface area contributed by atoms with E-state index in [1.807, 2.05) is 48.7 Å². The molecule has 2 aliphatic rings. The van der Waals surface area contributed by atoms with Gasteiger partial charge in [-0.3, -0.25) is 9.20 Å². The minimum atomic E-state index is -3.99. The van der Waals surface area contributed by atoms with E-state index in [-0.39, 0.29) is 30.5 Å². The molecule has 45 heavy (non-hydrogen) atoms. The molecule has 1 aliphatic heterocycles. The molecule has 1 aromatic carbocycles. The van der Waals surface area contributed by atoms with Gasteiger partial charge in [0.15, 0.2) is 5.65 Å². The summed E-state index contributed by atoms with van der Waals surface area (Å²) < 4.78 is 42.9. The summed E-state index contributed by atoms with van der Waals surface area (Å²) in [5.74, 6) is -0.0877. The van der Waals surface area contributed by atoms with Crippen molar-refractivity contribution in [3.8, 4) is 5.88 Å². The van der Waals surface area contributed by atoms with Gasteiger partial charge in [0.2, 0.25) is 15.9 Å². The number of aliphatic carboxylic acids is 1. The Balaban J connectivity index is 1.42. The molecular weight excluding hydrogens is 594 g/mol. The Hall–Kier alpha value is -3.87. The summed E-state index contributed by atoms with van der Waals surface area (Å²) in [5.41, 5.74) is 3.69. The van der Waals surface area contributed by atoms with Crippen LogP contribution >= 0.6 is 0 Å². The van der Waals surface area contributed by atoms with Crippen LogP contribution in [0.15, 0.2) is 53.7 Å². The van der Waals surface area contributed by atoms with Crippen molar-refractivity contribution < 1.29 is 27.8 Å². The lowest BCUT2D eigenvalue weighted by Crippen LogP contribution is -2.34. The van der Waals surface area contributed by atoms with Gasteiger partial charge in [0.05, 0.1) is 12.0 Å². The van der Waals surface area contributed by atoms with Crippen LogP contribution < -0.4 is 4.74 Å². The van der Waals surface area contributed by atoms with Crippen LogP contribution in [0.25, 0.3) is 5.65 Å². The van der Waals surface area contributed by atoms with E-state index in [0.717, 1.165) is 52.1 Å². The van der Waals surface area contributed by atoms with Crippen molar-refractivity contribution in [3.63, 3.8) is 0 Å². The Labute approximate surface area is 263 Å². The summed E-state index contributed by atoms with van der Waals surface area (Å²) in [6, 6.07) is 10.9. The second kappa shape index (κ2) is 12.1. The van der Waals surface area contributed by atoms with Crippen LogP contribution in [0, 0.1) is 19.3 Å². The molecule has 1 fully saturated rings. The minimum absolute atomic E-state index is 0.00777. The van der Waals surface area contributed by atoms with Crippen LogP contribution in [0.4, 0.5) is 0 Å². The van der Waals surface area contributed by atoms with Crippen LogP contribution in [0.3, 0.4) is 0 Å². The molecule has 0 spiro atoms. The van der Waals surface area contributed by atoms with E-state index in [1.165, 1.54) is 16.6 Å². The molecule has 1 atom stereocenters. The van der Waals surface area contributed by atoms with Crippen molar-refractivity contribution in [2.24, 2.45) is 5.41 Å². The largest absolute Gasteiger partial charge is 0.481 e. The smallest absolute Gasteiger partial charge is 0.310 e. The first kappa shape index (κ1) is 31.1. The maximum absolute atomic E-state index is 14.1. The van der Waals surface area contributed by atoms with E-state index >= 15 is 0 Å². The topological polar surface area (TPSA) is 136 Å². The number of carboxylic acids is 1. The maximum atomic E-state index is 14.1. The highest BCUT2D eigenvalue weighted by atomic mass is 32.2. The lowest BCUT2D eigenvalue weighted by Gasteiger charge is -2.33. The van der Waals surface area contributed by atoms with Gasteiger partial charge in [-0.1, -0.05) is 18.2 Å². The average molecular weight is 634 g/mol. The third-order valence-corrected chi connectivity index (χ3v) is 10.8. The van der Waals surface area contributed by atoms with Crippen LogP contribution in [0.2, 0.25) is 0 Å². The molecule has 4 heterocycles. The zero-order valence-corrected chi connectivity index (χ0v) is 26.9. The number of hydrogen-bond acceptors (Lipinski definition) is 8. The molecule has 1 unspecified atom stereocenters. The van der Waals surface area contributed by atoms with Crippen molar-refractivity contribution in [2.75, 3.05) is 26.4 Å². The maximum Gasteiger partial charge on any atom is 0.310 e. The normalized spacial score (nSPS) is 18.5. The molecule has 11 nitrogen and oxygen atoms in total. The quantitative estimate of drug-likeness (QED) is 0.303. The van der Waals surface area contributed by atoms with Gasteiger partial charge in [-0.25, -0.2) is 13.4 Å². The van der Waals surface area contributed by atoms with E-state index in [4.69, 9.17) is 9.47 Å². The predicted molar refractivity (Wildman–Crippen MR) is 167 cm³/mol. The number of carbonyl (C=O) groups is 1. The number of aromatic nitrogens is 4. The van der Waals surface area contributed by atoms with Gasteiger partial charge in [0, 0.05) is 43.9 Å². The third kappa shape index (κ3) is 5.94. The van der Waals surface area contributed by atoms with Gasteiger partial charge >= 0.3 is 5.97 Å². The molecule has 12 heteroatoms. The number of carboxylic acid groups (broad SMARTS) is 1. The fourth-order valence-corrected chi connectivity index (χ4v) is 7.67. The Morgan fingerprint density at radius 3 is 2.67 bits per heavy atom. The molecular formula is C33H39N5O6S. The first-order valence-electron chi connectivity index (χ1n) is 15.3. The highest BCUT2D eigenvalue weighted by Crippen LogP contribution is 2.45. The summed E-state index contributed by atoms with van der Waals surface area (Å²) in [7, 11) is -3.99. The molecule has 1 saturated carbocycles. The number of pyridine rings is 2. The van der Waals surface area contributed by atoms with Crippen molar-refractivity contribution in [3.05, 3.63) is 82.4 Å². The summed E-state index contributed by atoms with van der Waals surface area (Å²) in [6.07, 6.45) is 6.14. The molecule has 6 rings (SSSR count). The van der Waals surface area contributed by atoms with Gasteiger partial charge in [-0.2, -0.15) is 4.31 Å². The van der Waals surface area contributed by atoms with Crippen LogP contribution in [0.5, 0.6) is 5.88 Å². The SMILES string of the molecule is Cc1ccc(C(c2ccn3c(C4CC4)nnc3c2C)C(C)(C)C(=O)O)cc1CN1CCCOCCOc2ncccc2S1(=O)=O. The van der Waals surface area contributed by atoms with Crippen molar-refractivity contribution in [1.82, 2.24) is 23.9 Å². The van der Waals surface area contributed by atoms with Gasteiger partial charge in [-0.05, 0) is 93.0 Å². The highest BCUT2D eigenvalue weighted by molar-refractivity contribution is 7.89. The fourth-order valence-electron chi connectivity index (χ4n) is 6.13. The number of rotatable bonds is 7. The highest BCUT2D eigenvalue weighted by Gasteiger charge is 2.41. The van der Waals surface area contributed by atoms with Gasteiger partial charge in [-0.15, -0.1) is 10.2 Å². The van der Waals surface area contributed by atoms with Crippen molar-refractivity contribution >= 4 is 21.6 Å². The third-order valence-electron chi connectivity index (χ3n) is 8.99. The van der Waals surface area contributed by atoms with Crippen molar-refractivity contribution in [2.45, 2.75) is 70.2 Å². The number of sulfonamides is 1. The first-order chi connectivity index (χ1) is 21.5.